The Balaban J connectivity index is 1.90. The highest BCUT2D eigenvalue weighted by molar-refractivity contribution is 5.93. The zero-order valence-corrected chi connectivity index (χ0v) is 57.8. The highest BCUT2D eigenvalue weighted by Gasteiger charge is 2.44. The van der Waals surface area contributed by atoms with E-state index in [1.165, 1.54) is 40.2 Å². The van der Waals surface area contributed by atoms with Crippen LogP contribution in [0.5, 0.6) is 0 Å². The quantitative estimate of drug-likeness (QED) is 0.0311. The van der Waals surface area contributed by atoms with Crippen LogP contribution in [0.15, 0.2) is 30.3 Å². The third kappa shape index (κ3) is 28.5. The van der Waals surface area contributed by atoms with Gasteiger partial charge in [0.15, 0.2) is 0 Å². The van der Waals surface area contributed by atoms with Crippen molar-refractivity contribution in [1.82, 2.24) is 51.5 Å². The summed E-state index contributed by atoms with van der Waals surface area (Å²) in [4.78, 5) is 152. The Morgan fingerprint density at radius 3 is 1.91 bits per heavy atom. The molecule has 1 aromatic carbocycles. The van der Waals surface area contributed by atoms with E-state index in [1.54, 1.807) is 42.5 Å². The van der Waals surface area contributed by atoms with Crippen LogP contribution in [0.1, 0.15) is 139 Å². The van der Waals surface area contributed by atoms with E-state index in [0.29, 0.717) is 38.8 Å². The number of hydrogen-bond donors (Lipinski definition) is 6. The van der Waals surface area contributed by atoms with Gasteiger partial charge in [-0.25, -0.2) is 4.79 Å². The van der Waals surface area contributed by atoms with E-state index in [-0.39, 0.29) is 133 Å². The van der Waals surface area contributed by atoms with Crippen LogP contribution in [0.2, 0.25) is 0 Å². The molecule has 1 saturated heterocycles. The first kappa shape index (κ1) is 81.9. The number of benzene rings is 1. The van der Waals surface area contributed by atoms with Crippen LogP contribution in [0.25, 0.3) is 0 Å². The minimum absolute atomic E-state index is 0.0138. The smallest absolute Gasteiger partial charge is 0.328 e. The summed E-state index contributed by atoms with van der Waals surface area (Å²) in [6, 6.07) is 4.36. The summed E-state index contributed by atoms with van der Waals surface area (Å²) < 4.78 is 28.1. The lowest BCUT2D eigenvalue weighted by molar-refractivity contribution is -0.149. The van der Waals surface area contributed by atoms with Gasteiger partial charge in [0.25, 0.3) is 5.91 Å². The molecule has 1 fully saturated rings. The number of likely N-dealkylation sites (tertiary alicyclic amines) is 1. The van der Waals surface area contributed by atoms with Crippen molar-refractivity contribution in [2.75, 3.05) is 101 Å². The molecule has 0 aliphatic carbocycles. The molecule has 1 unspecified atom stereocenters. The Morgan fingerprint density at radius 2 is 1.32 bits per heavy atom. The van der Waals surface area contributed by atoms with E-state index in [4.69, 9.17) is 30.1 Å². The van der Waals surface area contributed by atoms with Crippen molar-refractivity contribution in [3.05, 3.63) is 35.9 Å². The Kier molecular flexibility index (Phi) is 39.1. The van der Waals surface area contributed by atoms with Gasteiger partial charge in [-0.2, -0.15) is 0 Å². The van der Waals surface area contributed by atoms with Gasteiger partial charge >= 0.3 is 5.97 Å². The standard InChI is InChI=1S/C67H110N10O16/c1-16-35-76(57(82)29-23-32-68-53(78)18-3)37-30-54(79)69-34-39-93-41-40-92-38-31-55(80)71-48(10)64(85)70-33-22-28-56(81)74(11)60(45(6)7)65(86)73-59(44(4)5)66(87)75(12)61(46(8)17-2)52(89-13)43-58(83)77-36-24-27-51(77)62(90-14)47(9)63(84)72-50(67(88)91-15)42-49-25-20-19-21-26-49/h3,19-21,25-26,44-48,50-52,59-62H,16-17,22-24,27-43H2,1-2,4-15H3,(H,68,78)(H,69,79)(H,70,85)(H,71,80)(H,72,84)(H,73,86)/t46-,47+,48?,50-,51-,52+,59-,60+,61-,62+/m0/s1. The minimum Gasteiger partial charge on any atom is -0.467 e. The van der Waals surface area contributed by atoms with E-state index in [0.717, 1.165) is 12.0 Å². The molecule has 1 heterocycles. The molecule has 93 heavy (non-hydrogen) atoms. The molecule has 0 spiro atoms. The highest BCUT2D eigenvalue weighted by Crippen LogP contribution is 2.30. The van der Waals surface area contributed by atoms with Crippen molar-refractivity contribution in [2.24, 2.45) is 23.7 Å². The summed E-state index contributed by atoms with van der Waals surface area (Å²) in [7, 11) is 7.42. The average Bonchev–Trinajstić information content (AvgIpc) is 1.84. The molecule has 524 valence electrons. The second-order valence-electron chi connectivity index (χ2n) is 24.4. The molecule has 0 aromatic heterocycles. The van der Waals surface area contributed by atoms with E-state index in [9.17, 15) is 52.7 Å². The fourth-order valence-corrected chi connectivity index (χ4v) is 11.4. The van der Waals surface area contributed by atoms with Crippen LogP contribution < -0.4 is 31.9 Å². The molecule has 0 saturated carbocycles. The van der Waals surface area contributed by atoms with Gasteiger partial charge in [-0.15, -0.1) is 6.42 Å². The van der Waals surface area contributed by atoms with E-state index >= 15 is 0 Å². The Labute approximate surface area is 551 Å². The van der Waals surface area contributed by atoms with Crippen LogP contribution in [0, 0.1) is 36.0 Å². The fraction of sp³-hybridized carbons (Fsp3) is 0.716. The van der Waals surface area contributed by atoms with Crippen LogP contribution in [-0.2, 0) is 82.8 Å². The van der Waals surface area contributed by atoms with E-state index in [2.05, 4.69) is 31.9 Å². The predicted molar refractivity (Wildman–Crippen MR) is 350 cm³/mol. The Hall–Kier alpha value is -7.21. The topological polar surface area (TPSA) is 319 Å². The maximum atomic E-state index is 14.7. The molecule has 0 radical (unpaired) electrons. The van der Waals surface area contributed by atoms with Gasteiger partial charge in [0.1, 0.15) is 24.2 Å². The normalized spacial score (nSPS) is 15.8. The second kappa shape index (κ2) is 44.4. The first-order valence-corrected chi connectivity index (χ1v) is 32.8. The summed E-state index contributed by atoms with van der Waals surface area (Å²) in [6.45, 7) is 18.9. The highest BCUT2D eigenvalue weighted by atomic mass is 16.5. The molecule has 10 amide bonds. The SMILES string of the molecule is C#CC(=O)NCCCC(=O)N(CCC)CCC(=O)NCCOCCOCCC(=O)NC(C)C(=O)NCCCC(=O)N(C)[C@@H](C(=O)N[C@H](C(=O)N(C)[C@@H]([C@@H](C)CC)[C@@H](CC(=O)N1CCC[C@H]1[C@H](OC)[C@@H](C)C(=O)N[C@@H](Cc1ccccc1)C(=O)OC)OC)C(C)C)C(C)C. The van der Waals surface area contributed by atoms with Crippen LogP contribution >= 0.6 is 0 Å². The molecule has 1 aliphatic heterocycles. The predicted octanol–water partition coefficient (Wildman–Crippen LogP) is 2.53. The number of esters is 1. The van der Waals surface area contributed by atoms with Crippen LogP contribution in [0.3, 0.4) is 0 Å². The maximum absolute atomic E-state index is 14.7. The number of carbonyl (C=O) groups excluding carboxylic acids is 11. The molecule has 6 N–H and O–H groups in total. The number of amides is 10. The van der Waals surface area contributed by atoms with Crippen molar-refractivity contribution < 1.29 is 76.4 Å². The number of rotatable bonds is 45. The van der Waals surface area contributed by atoms with Crippen molar-refractivity contribution in [1.29, 1.82) is 0 Å². The average molecular weight is 1310 g/mol. The number of nitrogens with one attached hydrogen (secondary N) is 6. The first-order chi connectivity index (χ1) is 44.2. The van der Waals surface area contributed by atoms with Gasteiger partial charge in [-0.3, -0.25) is 47.9 Å². The lowest BCUT2D eigenvalue weighted by Crippen LogP contribution is -2.60. The van der Waals surface area contributed by atoms with Gasteiger partial charge < -0.3 is 75.2 Å². The molecular weight excluding hydrogens is 1200 g/mol. The third-order valence-electron chi connectivity index (χ3n) is 16.8. The summed E-state index contributed by atoms with van der Waals surface area (Å²) >= 11 is 0. The number of methoxy groups -OCH3 is 3. The van der Waals surface area contributed by atoms with E-state index in [1.807, 2.05) is 70.9 Å². The Bertz CT molecular complexity index is 2570. The number of ether oxygens (including phenoxy) is 5. The Morgan fingerprint density at radius 1 is 0.677 bits per heavy atom. The molecule has 1 aromatic rings. The van der Waals surface area contributed by atoms with Crippen molar-refractivity contribution in [2.45, 2.75) is 188 Å². The molecule has 0 bridgehead atoms. The lowest BCUT2D eigenvalue weighted by Gasteiger charge is -2.41. The fourth-order valence-electron chi connectivity index (χ4n) is 11.4. The summed E-state index contributed by atoms with van der Waals surface area (Å²) in [5.74, 6) is -4.03. The number of likely N-dealkylation sites (N-methyl/N-ethyl adjacent to an activating group) is 2. The summed E-state index contributed by atoms with van der Waals surface area (Å²) in [6.07, 6.45) is 7.22. The second-order valence-corrected chi connectivity index (χ2v) is 24.4. The van der Waals surface area contributed by atoms with Crippen LogP contribution in [0.4, 0.5) is 0 Å². The summed E-state index contributed by atoms with van der Waals surface area (Å²) in [5.41, 5.74) is 0.838. The molecule has 1 aliphatic rings. The molecule has 2 rings (SSSR count). The monoisotopic (exact) mass is 1310 g/mol. The van der Waals surface area contributed by atoms with Crippen molar-refractivity contribution in [3.8, 4) is 12.3 Å². The lowest BCUT2D eigenvalue weighted by atomic mass is 9.89. The maximum Gasteiger partial charge on any atom is 0.328 e. The first-order valence-electron chi connectivity index (χ1n) is 32.8. The molecule has 26 heteroatoms. The zero-order valence-electron chi connectivity index (χ0n) is 57.8. The van der Waals surface area contributed by atoms with Crippen LogP contribution in [-0.4, -0.2) is 234 Å². The number of terminal acetylenes is 1. The molecule has 10 atom stereocenters. The third-order valence-corrected chi connectivity index (χ3v) is 16.8. The van der Waals surface area contributed by atoms with Crippen molar-refractivity contribution >= 4 is 65.0 Å². The molecular formula is C67H110N10O16. The molecule has 26 nitrogen and oxygen atoms in total. The zero-order chi connectivity index (χ0) is 69.7. The number of nitrogens with zero attached hydrogens (tertiary/aromatic N) is 4. The van der Waals surface area contributed by atoms with Gasteiger partial charge in [0.05, 0.1) is 70.2 Å². The van der Waals surface area contributed by atoms with E-state index < -0.39 is 102 Å². The van der Waals surface area contributed by atoms with Crippen molar-refractivity contribution in [3.63, 3.8) is 0 Å². The number of carbonyl (C=O) groups is 11. The largest absolute Gasteiger partial charge is 0.467 e. The van der Waals surface area contributed by atoms with Gasteiger partial charge in [-0.05, 0) is 68.3 Å². The minimum atomic E-state index is -1.02. The number of hydrogen-bond acceptors (Lipinski definition) is 16. The van der Waals surface area contributed by atoms with Gasteiger partial charge in [0.2, 0.25) is 53.2 Å². The van der Waals surface area contributed by atoms with Gasteiger partial charge in [0, 0.05) is 99.7 Å². The van der Waals surface area contributed by atoms with Gasteiger partial charge in [-0.1, -0.05) is 92.1 Å². The summed E-state index contributed by atoms with van der Waals surface area (Å²) in [5, 5.41) is 16.5.